The number of hydrogen-bond acceptors (Lipinski definition) is 3. The minimum absolute atomic E-state index is 0.329. The summed E-state index contributed by atoms with van der Waals surface area (Å²) in [5.41, 5.74) is 2.47. The Bertz CT molecular complexity index is 638. The van der Waals surface area contributed by atoms with Gasteiger partial charge in [-0.05, 0) is 48.4 Å². The SMILES string of the molecule is CCc1cc(OCc2cc(C=O)ccc2OC)ccc1Cl. The number of methoxy groups -OCH3 is 1. The van der Waals surface area contributed by atoms with Crippen molar-refractivity contribution >= 4 is 17.9 Å². The van der Waals surface area contributed by atoms with Crippen LogP contribution < -0.4 is 9.47 Å². The van der Waals surface area contributed by atoms with E-state index in [1.807, 2.05) is 25.1 Å². The van der Waals surface area contributed by atoms with Gasteiger partial charge in [0.15, 0.2) is 0 Å². The summed E-state index contributed by atoms with van der Waals surface area (Å²) in [6.07, 6.45) is 1.65. The summed E-state index contributed by atoms with van der Waals surface area (Å²) in [5.74, 6) is 1.44. The van der Waals surface area contributed by atoms with Crippen LogP contribution in [0.3, 0.4) is 0 Å². The first-order chi connectivity index (χ1) is 10.2. The van der Waals surface area contributed by atoms with Gasteiger partial charge in [0, 0.05) is 16.1 Å². The second kappa shape index (κ2) is 7.14. The van der Waals surface area contributed by atoms with Crippen molar-refractivity contribution in [3.8, 4) is 11.5 Å². The zero-order valence-corrected chi connectivity index (χ0v) is 12.8. The second-order valence-electron chi connectivity index (χ2n) is 4.58. The minimum Gasteiger partial charge on any atom is -0.496 e. The summed E-state index contributed by atoms with van der Waals surface area (Å²) in [5, 5.41) is 0.741. The Labute approximate surface area is 129 Å². The molecule has 0 aliphatic heterocycles. The average Bonchev–Trinajstić information content (AvgIpc) is 2.53. The molecule has 0 saturated carbocycles. The number of rotatable bonds is 6. The monoisotopic (exact) mass is 304 g/mol. The predicted octanol–water partition coefficient (Wildman–Crippen LogP) is 4.30. The Morgan fingerprint density at radius 2 is 1.95 bits per heavy atom. The van der Waals surface area contributed by atoms with Crippen molar-refractivity contribution < 1.29 is 14.3 Å². The molecule has 0 aliphatic carbocycles. The number of aryl methyl sites for hydroxylation is 1. The highest BCUT2D eigenvalue weighted by Gasteiger charge is 2.07. The van der Waals surface area contributed by atoms with Crippen LogP contribution in [0, 0.1) is 0 Å². The van der Waals surface area contributed by atoms with Crippen molar-refractivity contribution in [1.82, 2.24) is 0 Å². The second-order valence-corrected chi connectivity index (χ2v) is 4.99. The first-order valence-corrected chi connectivity index (χ1v) is 7.09. The van der Waals surface area contributed by atoms with E-state index >= 15 is 0 Å². The fraction of sp³-hybridized carbons (Fsp3) is 0.235. The molecule has 0 saturated heterocycles. The summed E-state index contributed by atoms with van der Waals surface area (Å²) in [7, 11) is 1.59. The fourth-order valence-corrected chi connectivity index (χ4v) is 2.31. The van der Waals surface area contributed by atoms with Gasteiger partial charge in [-0.15, -0.1) is 0 Å². The number of ether oxygens (including phenoxy) is 2. The van der Waals surface area contributed by atoms with Crippen LogP contribution in [0.2, 0.25) is 5.02 Å². The first kappa shape index (κ1) is 15.4. The molecule has 2 rings (SSSR count). The van der Waals surface area contributed by atoms with E-state index in [9.17, 15) is 4.79 Å². The molecule has 110 valence electrons. The van der Waals surface area contributed by atoms with Crippen LogP contribution in [0.4, 0.5) is 0 Å². The van der Waals surface area contributed by atoms with Crippen LogP contribution in [-0.4, -0.2) is 13.4 Å². The molecular weight excluding hydrogens is 288 g/mol. The molecule has 4 heteroatoms. The number of carbonyl (C=O) groups is 1. The molecular formula is C17H17ClO3. The first-order valence-electron chi connectivity index (χ1n) is 6.71. The lowest BCUT2D eigenvalue weighted by Gasteiger charge is -2.12. The maximum Gasteiger partial charge on any atom is 0.150 e. The zero-order valence-electron chi connectivity index (χ0n) is 12.1. The fourth-order valence-electron chi connectivity index (χ4n) is 2.06. The lowest BCUT2D eigenvalue weighted by Crippen LogP contribution is -2.00. The molecule has 0 aromatic heterocycles. The van der Waals surface area contributed by atoms with E-state index in [0.29, 0.717) is 17.9 Å². The van der Waals surface area contributed by atoms with Crippen LogP contribution in [0.1, 0.15) is 28.4 Å². The van der Waals surface area contributed by atoms with E-state index in [-0.39, 0.29) is 0 Å². The molecule has 0 unspecified atom stereocenters. The number of hydrogen-bond donors (Lipinski definition) is 0. The highest BCUT2D eigenvalue weighted by Crippen LogP contribution is 2.25. The van der Waals surface area contributed by atoms with Gasteiger partial charge in [0.25, 0.3) is 0 Å². The third-order valence-corrected chi connectivity index (χ3v) is 3.60. The Balaban J connectivity index is 2.17. The van der Waals surface area contributed by atoms with Gasteiger partial charge in [-0.1, -0.05) is 18.5 Å². The third kappa shape index (κ3) is 3.76. The van der Waals surface area contributed by atoms with Crippen LogP contribution in [0.5, 0.6) is 11.5 Å². The maximum absolute atomic E-state index is 10.9. The van der Waals surface area contributed by atoms with Gasteiger partial charge in [-0.2, -0.15) is 0 Å². The molecule has 0 amide bonds. The molecule has 2 aromatic rings. The molecule has 0 heterocycles. The Morgan fingerprint density at radius 3 is 2.62 bits per heavy atom. The highest BCUT2D eigenvalue weighted by atomic mass is 35.5. The molecule has 0 spiro atoms. The average molecular weight is 305 g/mol. The Morgan fingerprint density at radius 1 is 1.14 bits per heavy atom. The molecule has 0 atom stereocenters. The molecule has 2 aromatic carbocycles. The topological polar surface area (TPSA) is 35.5 Å². The van der Waals surface area contributed by atoms with Crippen molar-refractivity contribution in [2.24, 2.45) is 0 Å². The highest BCUT2D eigenvalue weighted by molar-refractivity contribution is 6.31. The molecule has 0 bridgehead atoms. The van der Waals surface area contributed by atoms with E-state index in [2.05, 4.69) is 0 Å². The zero-order chi connectivity index (χ0) is 15.2. The van der Waals surface area contributed by atoms with E-state index in [4.69, 9.17) is 21.1 Å². The van der Waals surface area contributed by atoms with Gasteiger partial charge < -0.3 is 9.47 Å². The van der Waals surface area contributed by atoms with Gasteiger partial charge >= 0.3 is 0 Å². The summed E-state index contributed by atoms with van der Waals surface area (Å²) in [6.45, 7) is 2.37. The summed E-state index contributed by atoms with van der Waals surface area (Å²) >= 11 is 6.09. The van der Waals surface area contributed by atoms with Crippen molar-refractivity contribution in [2.45, 2.75) is 20.0 Å². The lowest BCUT2D eigenvalue weighted by atomic mass is 10.1. The standard InChI is InChI=1S/C17H17ClO3/c1-3-13-9-15(5-6-16(13)18)21-11-14-8-12(10-19)4-7-17(14)20-2/h4-10H,3,11H2,1-2H3. The Hall–Kier alpha value is -2.00. The largest absolute Gasteiger partial charge is 0.496 e. The van der Waals surface area contributed by atoms with Gasteiger partial charge in [-0.3, -0.25) is 4.79 Å². The Kier molecular flexibility index (Phi) is 5.23. The number of halogens is 1. The molecule has 0 N–H and O–H groups in total. The summed E-state index contributed by atoms with van der Waals surface area (Å²) in [4.78, 5) is 10.9. The number of aldehydes is 1. The van der Waals surface area contributed by atoms with Crippen molar-refractivity contribution in [3.63, 3.8) is 0 Å². The van der Waals surface area contributed by atoms with E-state index in [0.717, 1.165) is 34.6 Å². The van der Waals surface area contributed by atoms with Crippen LogP contribution in [0.15, 0.2) is 36.4 Å². The minimum atomic E-state index is 0.329. The number of benzene rings is 2. The van der Waals surface area contributed by atoms with E-state index in [1.165, 1.54) is 0 Å². The maximum atomic E-state index is 10.9. The van der Waals surface area contributed by atoms with Crippen LogP contribution >= 0.6 is 11.6 Å². The quantitative estimate of drug-likeness (QED) is 0.746. The van der Waals surface area contributed by atoms with Gasteiger partial charge in [0.2, 0.25) is 0 Å². The molecule has 21 heavy (non-hydrogen) atoms. The van der Waals surface area contributed by atoms with Crippen molar-refractivity contribution in [1.29, 1.82) is 0 Å². The summed E-state index contributed by atoms with van der Waals surface area (Å²) in [6, 6.07) is 10.8. The predicted molar refractivity (Wildman–Crippen MR) is 83.5 cm³/mol. The lowest BCUT2D eigenvalue weighted by molar-refractivity contribution is 0.112. The van der Waals surface area contributed by atoms with Gasteiger partial charge in [-0.25, -0.2) is 0 Å². The van der Waals surface area contributed by atoms with Crippen molar-refractivity contribution in [3.05, 3.63) is 58.1 Å². The molecule has 0 aliphatic rings. The van der Waals surface area contributed by atoms with Crippen molar-refractivity contribution in [2.75, 3.05) is 7.11 Å². The van der Waals surface area contributed by atoms with E-state index in [1.54, 1.807) is 25.3 Å². The smallest absolute Gasteiger partial charge is 0.150 e. The molecule has 0 radical (unpaired) electrons. The third-order valence-electron chi connectivity index (χ3n) is 3.23. The summed E-state index contributed by atoms with van der Waals surface area (Å²) < 4.78 is 11.1. The van der Waals surface area contributed by atoms with Crippen LogP contribution in [-0.2, 0) is 13.0 Å². The normalized spacial score (nSPS) is 10.2. The molecule has 3 nitrogen and oxygen atoms in total. The van der Waals surface area contributed by atoms with E-state index < -0.39 is 0 Å². The number of carbonyl (C=O) groups excluding carboxylic acids is 1. The molecule has 0 fully saturated rings. The van der Waals surface area contributed by atoms with Gasteiger partial charge in [0.05, 0.1) is 7.11 Å². The van der Waals surface area contributed by atoms with Crippen LogP contribution in [0.25, 0.3) is 0 Å². The van der Waals surface area contributed by atoms with Gasteiger partial charge in [0.1, 0.15) is 24.4 Å².